The van der Waals surface area contributed by atoms with E-state index in [1.54, 1.807) is 12.1 Å². The van der Waals surface area contributed by atoms with Crippen molar-refractivity contribution in [1.82, 2.24) is 0 Å². The highest BCUT2D eigenvalue weighted by Crippen LogP contribution is 2.39. The summed E-state index contributed by atoms with van der Waals surface area (Å²) >= 11 is 0. The number of nitrogens with two attached hydrogens (primary N) is 1. The molecular weight excluding hydrogens is 402 g/mol. The molecule has 1 amide bonds. The van der Waals surface area contributed by atoms with Gasteiger partial charge in [0.2, 0.25) is 5.91 Å². The Bertz CT molecular complexity index is 974. The van der Waals surface area contributed by atoms with E-state index in [1.807, 2.05) is 42.5 Å². The lowest BCUT2D eigenvalue weighted by Gasteiger charge is -2.43. The molecule has 31 heavy (non-hydrogen) atoms. The second-order valence-corrected chi connectivity index (χ2v) is 13.1. The Morgan fingerprint density at radius 3 is 1.97 bits per heavy atom. The highest BCUT2D eigenvalue weighted by molar-refractivity contribution is 7.00. The molecule has 0 aliphatic heterocycles. The van der Waals surface area contributed by atoms with Crippen LogP contribution in [0.15, 0.2) is 78.9 Å². The van der Waals surface area contributed by atoms with E-state index in [9.17, 15) is 9.90 Å². The van der Waals surface area contributed by atoms with Gasteiger partial charge in [-0.3, -0.25) is 4.79 Å². The number of carbonyl (C=O) groups excluding carboxylic acids is 1. The van der Waals surface area contributed by atoms with E-state index in [2.05, 4.69) is 45.0 Å². The summed E-state index contributed by atoms with van der Waals surface area (Å²) in [5.74, 6) is 0.513. The summed E-state index contributed by atoms with van der Waals surface area (Å²) in [5, 5.41) is 12.4. The summed E-state index contributed by atoms with van der Waals surface area (Å²) in [4.78, 5) is 11.2. The number of primary amides is 1. The summed E-state index contributed by atoms with van der Waals surface area (Å²) < 4.78 is 7.07. The third-order valence-electron chi connectivity index (χ3n) is 5.60. The molecule has 0 fully saturated rings. The van der Waals surface area contributed by atoms with Gasteiger partial charge in [-0.2, -0.15) is 0 Å². The van der Waals surface area contributed by atoms with Crippen LogP contribution in [-0.2, 0) is 11.2 Å². The van der Waals surface area contributed by atoms with Crippen molar-refractivity contribution in [2.45, 2.75) is 45.1 Å². The topological polar surface area (TPSA) is 72.6 Å². The Hall–Kier alpha value is -3.05. The monoisotopic (exact) mass is 433 g/mol. The minimum absolute atomic E-state index is 0.159. The summed E-state index contributed by atoms with van der Waals surface area (Å²) in [6, 6.07) is 26.0. The van der Waals surface area contributed by atoms with Gasteiger partial charge in [0.1, 0.15) is 11.5 Å². The minimum atomic E-state index is -2.81. The Morgan fingerprint density at radius 2 is 1.48 bits per heavy atom. The van der Waals surface area contributed by atoms with Crippen LogP contribution in [0.25, 0.3) is 0 Å². The second kappa shape index (κ2) is 9.39. The normalized spacial score (nSPS) is 11.8. The molecule has 4 nitrogen and oxygen atoms in total. The van der Waals surface area contributed by atoms with Crippen LogP contribution in [-0.4, -0.2) is 19.3 Å². The minimum Gasteiger partial charge on any atom is -0.534 e. The molecule has 0 saturated heterocycles. The molecule has 5 heteroatoms. The number of aryl methyl sites for hydroxylation is 1. The van der Waals surface area contributed by atoms with E-state index in [4.69, 9.17) is 10.2 Å². The molecule has 0 aliphatic carbocycles. The molecule has 0 atom stereocenters. The van der Waals surface area contributed by atoms with Crippen LogP contribution < -0.4 is 20.5 Å². The summed E-state index contributed by atoms with van der Waals surface area (Å²) in [6.45, 7) is 6.65. The molecule has 0 heterocycles. The highest BCUT2D eigenvalue weighted by atomic mass is 28.4. The lowest BCUT2D eigenvalue weighted by molar-refractivity contribution is -0.118. The predicted octanol–water partition coefficient (Wildman–Crippen LogP) is 4.14. The standard InChI is InChI=1S/C26H31NO3Si/c1-26(2,3)31(22-12-6-4-7-13-22,23-14-8-5-9-15-23)30-24-19-21(28)18-17-20(24)11-10-16-25(27)29/h4-9,12-15,17-19,28H,10-11,16H2,1-3H3,(H2,27,29). The molecule has 0 unspecified atom stereocenters. The van der Waals surface area contributed by atoms with Crippen LogP contribution >= 0.6 is 0 Å². The SMILES string of the molecule is CC(C)(C)[Si](Oc1cc(O)ccc1CCCC(N)=O)(c1ccccc1)c1ccccc1. The first kappa shape index (κ1) is 22.6. The van der Waals surface area contributed by atoms with Gasteiger partial charge < -0.3 is 15.3 Å². The molecule has 3 aromatic rings. The number of rotatable bonds is 8. The van der Waals surface area contributed by atoms with Gasteiger partial charge >= 0.3 is 8.32 Å². The smallest absolute Gasteiger partial charge is 0.319 e. The van der Waals surface area contributed by atoms with Gasteiger partial charge in [0.25, 0.3) is 0 Å². The largest absolute Gasteiger partial charge is 0.534 e. The second-order valence-electron chi connectivity index (χ2n) is 8.88. The quantitative estimate of drug-likeness (QED) is 0.525. The van der Waals surface area contributed by atoms with Gasteiger partial charge in [0, 0.05) is 12.5 Å². The molecule has 0 saturated carbocycles. The fourth-order valence-electron chi connectivity index (χ4n) is 4.11. The van der Waals surface area contributed by atoms with Crippen LogP contribution in [0.1, 0.15) is 39.2 Å². The number of hydrogen-bond acceptors (Lipinski definition) is 3. The molecule has 162 valence electrons. The fraction of sp³-hybridized carbons (Fsp3) is 0.269. The van der Waals surface area contributed by atoms with Gasteiger partial charge in [0.15, 0.2) is 0 Å². The van der Waals surface area contributed by atoms with Crippen molar-refractivity contribution >= 4 is 24.6 Å². The summed E-state index contributed by atoms with van der Waals surface area (Å²) in [6.07, 6.45) is 1.60. The van der Waals surface area contributed by atoms with Crippen LogP contribution in [0, 0.1) is 0 Å². The van der Waals surface area contributed by atoms with E-state index in [0.717, 1.165) is 5.56 Å². The summed E-state index contributed by atoms with van der Waals surface area (Å²) in [5.41, 5.74) is 6.29. The Morgan fingerprint density at radius 1 is 0.935 bits per heavy atom. The average Bonchev–Trinajstić information content (AvgIpc) is 2.73. The Balaban J connectivity index is 2.16. The number of amides is 1. The van der Waals surface area contributed by atoms with Gasteiger partial charge in [-0.05, 0) is 39.9 Å². The third-order valence-corrected chi connectivity index (χ3v) is 10.5. The number of carbonyl (C=O) groups is 1. The Kier molecular flexibility index (Phi) is 6.86. The van der Waals surface area contributed by atoms with Crippen molar-refractivity contribution in [3.63, 3.8) is 0 Å². The molecule has 3 rings (SSSR count). The van der Waals surface area contributed by atoms with E-state index in [0.29, 0.717) is 25.0 Å². The number of phenolic OH excluding ortho intramolecular Hbond substituents is 1. The van der Waals surface area contributed by atoms with Crippen LogP contribution in [0.2, 0.25) is 5.04 Å². The van der Waals surface area contributed by atoms with Crippen molar-refractivity contribution in [1.29, 1.82) is 0 Å². The first-order chi connectivity index (χ1) is 14.7. The zero-order valence-electron chi connectivity index (χ0n) is 18.5. The van der Waals surface area contributed by atoms with Crippen LogP contribution in [0.4, 0.5) is 0 Å². The first-order valence-electron chi connectivity index (χ1n) is 10.6. The van der Waals surface area contributed by atoms with Crippen LogP contribution in [0.3, 0.4) is 0 Å². The van der Waals surface area contributed by atoms with Gasteiger partial charge in [-0.1, -0.05) is 87.5 Å². The maximum Gasteiger partial charge on any atom is 0.319 e. The van der Waals surface area contributed by atoms with Crippen molar-refractivity contribution in [2.24, 2.45) is 5.73 Å². The van der Waals surface area contributed by atoms with Crippen molar-refractivity contribution in [2.75, 3.05) is 0 Å². The molecule has 0 aliphatic rings. The summed E-state index contributed by atoms with van der Waals surface area (Å²) in [7, 11) is -2.81. The molecular formula is C26H31NO3Si. The van der Waals surface area contributed by atoms with E-state index < -0.39 is 8.32 Å². The maximum absolute atomic E-state index is 11.2. The van der Waals surface area contributed by atoms with Crippen molar-refractivity contribution in [3.8, 4) is 11.5 Å². The number of phenols is 1. The number of aromatic hydroxyl groups is 1. The van der Waals surface area contributed by atoms with E-state index in [-0.39, 0.29) is 16.7 Å². The van der Waals surface area contributed by atoms with E-state index in [1.165, 1.54) is 10.4 Å². The van der Waals surface area contributed by atoms with Gasteiger partial charge in [-0.15, -0.1) is 0 Å². The zero-order valence-corrected chi connectivity index (χ0v) is 19.5. The van der Waals surface area contributed by atoms with Crippen molar-refractivity contribution < 1.29 is 14.3 Å². The predicted molar refractivity (Wildman–Crippen MR) is 128 cm³/mol. The molecule has 3 N–H and O–H groups in total. The Labute approximate surface area is 185 Å². The fourth-order valence-corrected chi connectivity index (χ4v) is 8.56. The highest BCUT2D eigenvalue weighted by Gasteiger charge is 2.52. The number of benzene rings is 3. The third kappa shape index (κ3) is 4.99. The average molecular weight is 434 g/mol. The molecule has 0 aromatic heterocycles. The van der Waals surface area contributed by atoms with Crippen molar-refractivity contribution in [3.05, 3.63) is 84.4 Å². The van der Waals surface area contributed by atoms with Crippen LogP contribution in [0.5, 0.6) is 11.5 Å². The molecule has 0 spiro atoms. The van der Waals surface area contributed by atoms with E-state index >= 15 is 0 Å². The molecule has 0 radical (unpaired) electrons. The lowest BCUT2D eigenvalue weighted by Crippen LogP contribution is -2.68. The maximum atomic E-state index is 11.2. The number of hydrogen-bond donors (Lipinski definition) is 2. The molecule has 3 aromatic carbocycles. The lowest BCUT2D eigenvalue weighted by atomic mass is 10.1. The van der Waals surface area contributed by atoms with Gasteiger partial charge in [-0.25, -0.2) is 0 Å². The molecule has 0 bridgehead atoms. The zero-order chi connectivity index (χ0) is 22.5. The van der Waals surface area contributed by atoms with Gasteiger partial charge in [0.05, 0.1) is 0 Å². The first-order valence-corrected chi connectivity index (χ1v) is 12.5.